The summed E-state index contributed by atoms with van der Waals surface area (Å²) in [7, 11) is -4.23. The molecule has 0 saturated carbocycles. The lowest BCUT2D eigenvalue weighted by Gasteiger charge is -2.33. The van der Waals surface area contributed by atoms with Gasteiger partial charge in [0.25, 0.3) is 0 Å². The van der Waals surface area contributed by atoms with Gasteiger partial charge in [-0.05, 0) is 42.7 Å². The Labute approximate surface area is 185 Å². The molecule has 1 aliphatic rings. The number of nitrogens with zero attached hydrogens (tertiary/aromatic N) is 3. The first-order chi connectivity index (χ1) is 14.8. The number of rotatable bonds is 5. The highest BCUT2D eigenvalue weighted by Crippen LogP contribution is 2.27. The van der Waals surface area contributed by atoms with Gasteiger partial charge in [-0.2, -0.15) is 4.31 Å². The van der Waals surface area contributed by atoms with Gasteiger partial charge in [0.1, 0.15) is 11.6 Å². The second-order valence-corrected chi connectivity index (χ2v) is 10.3. The maximum absolute atomic E-state index is 14.0. The predicted octanol–water partition coefficient (Wildman–Crippen LogP) is 4.14. The SMILES string of the molecule is Cc1cccc(Cc2csc(N3CCN(S(=O)(=O)c4c(F)cccc4F)CC3)n2)c1C. The van der Waals surface area contributed by atoms with Crippen LogP contribution in [-0.4, -0.2) is 43.9 Å². The standard InChI is InChI=1S/C22H23F2N3O2S2/c1-15-5-3-6-17(16(15)2)13-18-14-30-22(25-18)26-9-11-27(12-10-26)31(28,29)21-19(23)7-4-8-20(21)24/h3-8,14H,9-13H2,1-2H3. The van der Waals surface area contributed by atoms with Crippen molar-refractivity contribution in [2.24, 2.45) is 0 Å². The monoisotopic (exact) mass is 463 g/mol. The lowest BCUT2D eigenvalue weighted by Crippen LogP contribution is -2.49. The number of hydrogen-bond donors (Lipinski definition) is 0. The summed E-state index contributed by atoms with van der Waals surface area (Å²) in [6.07, 6.45) is 0.741. The average molecular weight is 464 g/mol. The first kappa shape index (κ1) is 21.9. The summed E-state index contributed by atoms with van der Waals surface area (Å²) >= 11 is 1.52. The fraction of sp³-hybridized carbons (Fsp3) is 0.318. The van der Waals surface area contributed by atoms with Crippen LogP contribution in [0.1, 0.15) is 22.4 Å². The van der Waals surface area contributed by atoms with Crippen molar-refractivity contribution >= 4 is 26.5 Å². The van der Waals surface area contributed by atoms with Crippen LogP contribution in [0.25, 0.3) is 0 Å². The Bertz CT molecular complexity index is 1180. The average Bonchev–Trinajstić information content (AvgIpc) is 3.20. The third-order valence-corrected chi connectivity index (χ3v) is 8.56. The van der Waals surface area contributed by atoms with E-state index in [0.29, 0.717) is 13.1 Å². The molecule has 5 nitrogen and oxygen atoms in total. The third kappa shape index (κ3) is 4.35. The van der Waals surface area contributed by atoms with Crippen LogP contribution >= 0.6 is 11.3 Å². The molecule has 4 rings (SSSR count). The number of thiazole rings is 1. The van der Waals surface area contributed by atoms with E-state index in [2.05, 4.69) is 26.0 Å². The van der Waals surface area contributed by atoms with E-state index in [4.69, 9.17) is 4.98 Å². The van der Waals surface area contributed by atoms with Crippen molar-refractivity contribution in [3.63, 3.8) is 0 Å². The molecule has 2 aromatic carbocycles. The van der Waals surface area contributed by atoms with E-state index in [0.717, 1.165) is 39.8 Å². The van der Waals surface area contributed by atoms with Crippen LogP contribution in [-0.2, 0) is 16.4 Å². The van der Waals surface area contributed by atoms with Gasteiger partial charge in [0.15, 0.2) is 10.0 Å². The fourth-order valence-corrected chi connectivity index (χ4v) is 6.11. The van der Waals surface area contributed by atoms with Crippen LogP contribution in [0, 0.1) is 25.5 Å². The van der Waals surface area contributed by atoms with Crippen molar-refractivity contribution in [1.82, 2.24) is 9.29 Å². The zero-order valence-corrected chi connectivity index (χ0v) is 18.9. The molecule has 2 heterocycles. The molecule has 0 amide bonds. The molecule has 1 saturated heterocycles. The van der Waals surface area contributed by atoms with E-state index in [1.165, 1.54) is 28.0 Å². The van der Waals surface area contributed by atoms with Gasteiger partial charge in [-0.1, -0.05) is 24.3 Å². The minimum Gasteiger partial charge on any atom is -0.345 e. The minimum atomic E-state index is -4.23. The smallest absolute Gasteiger partial charge is 0.249 e. The first-order valence-corrected chi connectivity index (χ1v) is 12.3. The number of aromatic nitrogens is 1. The third-order valence-electron chi connectivity index (χ3n) is 5.65. The van der Waals surface area contributed by atoms with Crippen molar-refractivity contribution in [2.45, 2.75) is 25.2 Å². The Hall–Kier alpha value is -2.36. The molecule has 9 heteroatoms. The molecular weight excluding hydrogens is 440 g/mol. The Morgan fingerprint density at radius 3 is 2.32 bits per heavy atom. The fourth-order valence-electron chi connectivity index (χ4n) is 3.70. The molecule has 0 radical (unpaired) electrons. The predicted molar refractivity (Wildman–Crippen MR) is 118 cm³/mol. The van der Waals surface area contributed by atoms with E-state index in [1.54, 1.807) is 0 Å². The van der Waals surface area contributed by atoms with Crippen LogP contribution in [0.15, 0.2) is 46.7 Å². The molecule has 0 unspecified atom stereocenters. The maximum atomic E-state index is 14.0. The highest BCUT2D eigenvalue weighted by molar-refractivity contribution is 7.89. The van der Waals surface area contributed by atoms with Gasteiger partial charge < -0.3 is 4.90 Å². The van der Waals surface area contributed by atoms with Crippen LogP contribution in [0.5, 0.6) is 0 Å². The molecular formula is C22H23F2N3O2S2. The molecule has 164 valence electrons. The highest BCUT2D eigenvalue weighted by Gasteiger charge is 2.33. The summed E-state index contributed by atoms with van der Waals surface area (Å²) in [5.41, 5.74) is 4.71. The first-order valence-electron chi connectivity index (χ1n) is 9.96. The van der Waals surface area contributed by atoms with E-state index < -0.39 is 26.6 Å². The second kappa shape index (κ2) is 8.64. The van der Waals surface area contributed by atoms with Gasteiger partial charge in [0, 0.05) is 38.0 Å². The van der Waals surface area contributed by atoms with E-state index >= 15 is 0 Å². The van der Waals surface area contributed by atoms with Gasteiger partial charge in [0.05, 0.1) is 5.69 Å². The molecule has 0 N–H and O–H groups in total. The lowest BCUT2D eigenvalue weighted by atomic mass is 10.0. The molecule has 1 fully saturated rings. The molecule has 3 aromatic rings. The van der Waals surface area contributed by atoms with E-state index in [1.807, 2.05) is 16.3 Å². The zero-order valence-electron chi connectivity index (χ0n) is 17.3. The van der Waals surface area contributed by atoms with Crippen molar-refractivity contribution < 1.29 is 17.2 Å². The number of halogens is 2. The van der Waals surface area contributed by atoms with Gasteiger partial charge in [0.2, 0.25) is 10.0 Å². The van der Waals surface area contributed by atoms with Gasteiger partial charge in [-0.25, -0.2) is 22.2 Å². The molecule has 0 atom stereocenters. The van der Waals surface area contributed by atoms with Crippen molar-refractivity contribution in [3.8, 4) is 0 Å². The molecule has 31 heavy (non-hydrogen) atoms. The number of aryl methyl sites for hydroxylation is 1. The molecule has 1 aromatic heterocycles. The summed E-state index contributed by atoms with van der Waals surface area (Å²) in [5, 5.41) is 2.85. The Kier molecular flexibility index (Phi) is 6.09. The van der Waals surface area contributed by atoms with E-state index in [-0.39, 0.29) is 13.1 Å². The van der Waals surface area contributed by atoms with Crippen molar-refractivity contribution in [3.05, 3.63) is 75.8 Å². The molecule has 1 aliphatic heterocycles. The van der Waals surface area contributed by atoms with Gasteiger partial charge in [-0.15, -0.1) is 11.3 Å². The summed E-state index contributed by atoms with van der Waals surface area (Å²) in [6, 6.07) is 9.31. The summed E-state index contributed by atoms with van der Waals surface area (Å²) in [6.45, 7) is 5.30. The quantitative estimate of drug-likeness (QED) is 0.571. The van der Waals surface area contributed by atoms with Crippen LogP contribution in [0.2, 0.25) is 0 Å². The number of piperazine rings is 1. The second-order valence-electron chi connectivity index (χ2n) is 7.60. The lowest BCUT2D eigenvalue weighted by molar-refractivity contribution is 0.378. The molecule has 0 aliphatic carbocycles. The topological polar surface area (TPSA) is 53.5 Å². The number of sulfonamides is 1. The van der Waals surface area contributed by atoms with E-state index in [9.17, 15) is 17.2 Å². The number of anilines is 1. The summed E-state index contributed by atoms with van der Waals surface area (Å²) in [4.78, 5) is 5.86. The normalized spacial score (nSPS) is 15.4. The number of hydrogen-bond acceptors (Lipinski definition) is 5. The Balaban J connectivity index is 1.44. The van der Waals surface area contributed by atoms with Gasteiger partial charge in [-0.3, -0.25) is 0 Å². The largest absolute Gasteiger partial charge is 0.345 e. The molecule has 0 spiro atoms. The molecule has 0 bridgehead atoms. The van der Waals surface area contributed by atoms with Crippen LogP contribution in [0.4, 0.5) is 13.9 Å². The van der Waals surface area contributed by atoms with Crippen LogP contribution in [0.3, 0.4) is 0 Å². The summed E-state index contributed by atoms with van der Waals surface area (Å²) in [5.74, 6) is -2.14. The highest BCUT2D eigenvalue weighted by atomic mass is 32.2. The zero-order chi connectivity index (χ0) is 22.2. The summed E-state index contributed by atoms with van der Waals surface area (Å²) < 4.78 is 54.7. The number of benzene rings is 2. The van der Waals surface area contributed by atoms with Crippen LogP contribution < -0.4 is 4.90 Å². The van der Waals surface area contributed by atoms with Gasteiger partial charge >= 0.3 is 0 Å². The maximum Gasteiger partial charge on any atom is 0.249 e. The Morgan fingerprint density at radius 2 is 1.65 bits per heavy atom. The Morgan fingerprint density at radius 1 is 1.00 bits per heavy atom. The minimum absolute atomic E-state index is 0.141. The van der Waals surface area contributed by atoms with Crippen molar-refractivity contribution in [2.75, 3.05) is 31.1 Å². The van der Waals surface area contributed by atoms with Crippen molar-refractivity contribution in [1.29, 1.82) is 0 Å².